The van der Waals surface area contributed by atoms with Gasteiger partial charge in [-0.1, -0.05) is 35.2 Å². The number of ketones is 1. The van der Waals surface area contributed by atoms with Crippen LogP contribution in [-0.4, -0.2) is 42.1 Å². The normalized spacial score (nSPS) is 12.8. The molecule has 2 aromatic carbocycles. The fourth-order valence-electron chi connectivity index (χ4n) is 2.81. The van der Waals surface area contributed by atoms with Gasteiger partial charge in [0, 0.05) is 18.5 Å². The number of nitrogens with zero attached hydrogens (tertiary/aromatic N) is 2. The van der Waals surface area contributed by atoms with Crippen molar-refractivity contribution in [1.29, 1.82) is 0 Å². The number of benzene rings is 2. The molecule has 0 amide bonds. The Kier molecular flexibility index (Phi) is 6.70. The highest BCUT2D eigenvalue weighted by Crippen LogP contribution is 2.32. The molecule has 0 radical (unpaired) electrons. The zero-order chi connectivity index (χ0) is 20.8. The number of carbonyl (C=O) groups is 1. The fraction of sp³-hybridized carbons (Fsp3) is 0.286. The number of fused-ring (bicyclic) bond motifs is 1. The first kappa shape index (κ1) is 20.5. The van der Waals surface area contributed by atoms with E-state index in [1.807, 2.05) is 24.3 Å². The Morgan fingerprint density at radius 3 is 2.73 bits per heavy atom. The number of thioether (sulfide) groups is 1. The number of nitrogens with one attached hydrogen (secondary N) is 1. The monoisotopic (exact) mass is 443 g/mol. The first-order valence-electron chi connectivity index (χ1n) is 9.47. The second-order valence-electron chi connectivity index (χ2n) is 6.50. The quantitative estimate of drug-likeness (QED) is 0.408. The molecule has 1 N–H and O–H groups in total. The predicted molar refractivity (Wildman–Crippen MR) is 117 cm³/mol. The van der Waals surface area contributed by atoms with Crippen LogP contribution in [0.4, 0.5) is 5.13 Å². The maximum Gasteiger partial charge on any atom is 0.206 e. The number of hydrogen-bond acceptors (Lipinski definition) is 9. The van der Waals surface area contributed by atoms with E-state index in [2.05, 4.69) is 15.5 Å². The molecule has 1 aromatic heterocycles. The van der Waals surface area contributed by atoms with E-state index >= 15 is 0 Å². The summed E-state index contributed by atoms with van der Waals surface area (Å²) in [6, 6.07) is 13.2. The Balaban J connectivity index is 1.29. The van der Waals surface area contributed by atoms with Crippen molar-refractivity contribution in [2.75, 3.05) is 31.4 Å². The SMILES string of the molecule is COc1ccc(CNc2nnc(SCC(=O)c3ccc4c(c3)OCCCO4)s2)cc1. The van der Waals surface area contributed by atoms with E-state index in [1.54, 1.807) is 25.3 Å². The summed E-state index contributed by atoms with van der Waals surface area (Å²) in [7, 11) is 1.65. The van der Waals surface area contributed by atoms with E-state index in [0.717, 1.165) is 27.2 Å². The van der Waals surface area contributed by atoms with Crippen LogP contribution in [0.5, 0.6) is 17.2 Å². The van der Waals surface area contributed by atoms with Gasteiger partial charge in [-0.05, 0) is 35.9 Å². The van der Waals surface area contributed by atoms with E-state index in [4.69, 9.17) is 14.2 Å². The molecule has 7 nitrogen and oxygen atoms in total. The Morgan fingerprint density at radius 2 is 1.93 bits per heavy atom. The molecule has 1 aliphatic rings. The lowest BCUT2D eigenvalue weighted by Gasteiger charge is -2.08. The molecule has 0 unspecified atom stereocenters. The van der Waals surface area contributed by atoms with Crippen LogP contribution in [0.25, 0.3) is 0 Å². The van der Waals surface area contributed by atoms with Gasteiger partial charge < -0.3 is 19.5 Å². The van der Waals surface area contributed by atoms with E-state index in [-0.39, 0.29) is 11.5 Å². The summed E-state index contributed by atoms with van der Waals surface area (Å²) < 4.78 is 17.2. The number of methoxy groups -OCH3 is 1. The zero-order valence-corrected chi connectivity index (χ0v) is 18.1. The molecule has 0 saturated heterocycles. The Bertz CT molecular complexity index is 1010. The van der Waals surface area contributed by atoms with Crippen LogP contribution in [0, 0.1) is 0 Å². The standard InChI is InChI=1S/C21H21N3O4S2/c1-26-16-6-3-14(4-7-16)12-22-20-23-24-21(30-20)29-13-17(25)15-5-8-18-19(11-15)28-10-2-9-27-18/h3-8,11H,2,9-10,12-13H2,1H3,(H,22,23). The van der Waals surface area contributed by atoms with Gasteiger partial charge in [-0.3, -0.25) is 4.79 Å². The van der Waals surface area contributed by atoms with Gasteiger partial charge in [0.05, 0.1) is 26.1 Å². The first-order valence-corrected chi connectivity index (χ1v) is 11.3. The second kappa shape index (κ2) is 9.82. The number of ether oxygens (including phenoxy) is 3. The molecule has 156 valence electrons. The van der Waals surface area contributed by atoms with Gasteiger partial charge in [0.1, 0.15) is 5.75 Å². The molecule has 4 rings (SSSR count). The molecule has 2 heterocycles. The highest BCUT2D eigenvalue weighted by atomic mass is 32.2. The number of rotatable bonds is 8. The number of carbonyl (C=O) groups excluding carboxylic acids is 1. The van der Waals surface area contributed by atoms with Gasteiger partial charge in [0.2, 0.25) is 5.13 Å². The lowest BCUT2D eigenvalue weighted by molar-refractivity contribution is 0.102. The van der Waals surface area contributed by atoms with Crippen molar-refractivity contribution in [3.8, 4) is 17.2 Å². The van der Waals surface area contributed by atoms with Gasteiger partial charge in [0.15, 0.2) is 21.6 Å². The third-order valence-corrected chi connectivity index (χ3v) is 6.42. The van der Waals surface area contributed by atoms with Crippen molar-refractivity contribution >= 4 is 34.0 Å². The molecule has 9 heteroatoms. The van der Waals surface area contributed by atoms with Gasteiger partial charge in [-0.2, -0.15) is 0 Å². The maximum absolute atomic E-state index is 12.6. The number of hydrogen-bond donors (Lipinski definition) is 1. The zero-order valence-electron chi connectivity index (χ0n) is 16.4. The molecule has 3 aromatic rings. The molecule has 30 heavy (non-hydrogen) atoms. The van der Waals surface area contributed by atoms with Crippen LogP contribution in [0.2, 0.25) is 0 Å². The second-order valence-corrected chi connectivity index (χ2v) is 8.70. The van der Waals surface area contributed by atoms with Crippen molar-refractivity contribution < 1.29 is 19.0 Å². The minimum absolute atomic E-state index is 0.0126. The molecular formula is C21H21N3O4S2. The Hall–Kier alpha value is -2.78. The van der Waals surface area contributed by atoms with E-state index in [9.17, 15) is 4.79 Å². The smallest absolute Gasteiger partial charge is 0.206 e. The van der Waals surface area contributed by atoms with Crippen molar-refractivity contribution in [2.24, 2.45) is 0 Å². The molecule has 1 aliphatic heterocycles. The molecule has 0 bridgehead atoms. The van der Waals surface area contributed by atoms with E-state index in [1.165, 1.54) is 23.1 Å². The van der Waals surface area contributed by atoms with Gasteiger partial charge >= 0.3 is 0 Å². The topological polar surface area (TPSA) is 82.6 Å². The highest BCUT2D eigenvalue weighted by molar-refractivity contribution is 8.01. The largest absolute Gasteiger partial charge is 0.497 e. The van der Waals surface area contributed by atoms with E-state index < -0.39 is 0 Å². The van der Waals surface area contributed by atoms with Gasteiger partial charge in [-0.15, -0.1) is 10.2 Å². The molecule has 0 fully saturated rings. The minimum Gasteiger partial charge on any atom is -0.497 e. The molecule has 0 atom stereocenters. The lowest BCUT2D eigenvalue weighted by Crippen LogP contribution is -2.03. The third-order valence-electron chi connectivity index (χ3n) is 4.41. The first-order chi connectivity index (χ1) is 14.7. The minimum atomic E-state index is 0.0126. The highest BCUT2D eigenvalue weighted by Gasteiger charge is 2.15. The Morgan fingerprint density at radius 1 is 1.13 bits per heavy atom. The number of anilines is 1. The van der Waals surface area contributed by atoms with Crippen LogP contribution in [0.3, 0.4) is 0 Å². The Labute approximate surface area is 182 Å². The van der Waals surface area contributed by atoms with Crippen LogP contribution in [0.1, 0.15) is 22.3 Å². The summed E-state index contributed by atoms with van der Waals surface area (Å²) in [4.78, 5) is 12.6. The third kappa shape index (κ3) is 5.22. The summed E-state index contributed by atoms with van der Waals surface area (Å²) >= 11 is 2.81. The molecule has 0 saturated carbocycles. The van der Waals surface area contributed by atoms with Crippen LogP contribution in [-0.2, 0) is 6.54 Å². The van der Waals surface area contributed by atoms with Crippen molar-refractivity contribution in [1.82, 2.24) is 10.2 Å². The lowest BCUT2D eigenvalue weighted by atomic mass is 10.1. The fourth-order valence-corrected chi connectivity index (χ4v) is 4.45. The number of aromatic nitrogens is 2. The molecular weight excluding hydrogens is 422 g/mol. The summed E-state index contributed by atoms with van der Waals surface area (Å²) in [5.41, 5.74) is 1.72. The average Bonchev–Trinajstić information content (AvgIpc) is 3.11. The van der Waals surface area contributed by atoms with Crippen molar-refractivity contribution in [3.63, 3.8) is 0 Å². The van der Waals surface area contributed by atoms with Crippen molar-refractivity contribution in [2.45, 2.75) is 17.3 Å². The van der Waals surface area contributed by atoms with Gasteiger partial charge in [-0.25, -0.2) is 0 Å². The maximum atomic E-state index is 12.6. The summed E-state index contributed by atoms with van der Waals surface area (Å²) in [5, 5.41) is 12.3. The molecule has 0 spiro atoms. The summed E-state index contributed by atoms with van der Waals surface area (Å²) in [5.74, 6) is 2.44. The van der Waals surface area contributed by atoms with Crippen LogP contribution < -0.4 is 19.5 Å². The predicted octanol–water partition coefficient (Wildman–Crippen LogP) is 4.30. The summed E-state index contributed by atoms with van der Waals surface area (Å²) in [6.45, 7) is 1.86. The number of Topliss-reactive ketones (excluding diaryl/α,β-unsaturated/α-hetero) is 1. The van der Waals surface area contributed by atoms with Gasteiger partial charge in [0.25, 0.3) is 0 Å². The van der Waals surface area contributed by atoms with E-state index in [0.29, 0.717) is 36.8 Å². The van der Waals surface area contributed by atoms with Crippen LogP contribution in [0.15, 0.2) is 46.8 Å². The average molecular weight is 444 g/mol. The van der Waals surface area contributed by atoms with Crippen molar-refractivity contribution in [3.05, 3.63) is 53.6 Å². The van der Waals surface area contributed by atoms with Crippen LogP contribution >= 0.6 is 23.1 Å². The molecule has 0 aliphatic carbocycles. The summed E-state index contributed by atoms with van der Waals surface area (Å²) in [6.07, 6.45) is 0.833.